The molecule has 1 rings (SSSR count). The van der Waals surface area contributed by atoms with E-state index in [9.17, 15) is 13.6 Å². The van der Waals surface area contributed by atoms with Gasteiger partial charge in [-0.3, -0.25) is 5.32 Å². The lowest BCUT2D eigenvalue weighted by Crippen LogP contribution is -2.27. The number of rotatable bonds is 2. The van der Waals surface area contributed by atoms with Gasteiger partial charge in [0.15, 0.2) is 5.82 Å². The second-order valence-electron chi connectivity index (χ2n) is 4.81. The second kappa shape index (κ2) is 5.71. The molecule has 7 heteroatoms. The molecule has 0 fully saturated rings. The van der Waals surface area contributed by atoms with Crippen LogP contribution in [0, 0.1) is 11.6 Å². The van der Waals surface area contributed by atoms with Crippen molar-refractivity contribution in [3.05, 3.63) is 28.3 Å². The molecule has 0 unspecified atom stereocenters. The number of halogens is 3. The van der Waals surface area contributed by atoms with Crippen LogP contribution in [0.4, 0.5) is 19.3 Å². The van der Waals surface area contributed by atoms with E-state index >= 15 is 0 Å². The first-order valence-electron chi connectivity index (χ1n) is 5.43. The molecule has 19 heavy (non-hydrogen) atoms. The molecule has 2 N–H and O–H groups in total. The Morgan fingerprint density at radius 3 is 2.47 bits per heavy atom. The van der Waals surface area contributed by atoms with Crippen LogP contribution in [0.5, 0.6) is 0 Å². The highest BCUT2D eigenvalue weighted by Gasteiger charge is 2.21. The maximum Gasteiger partial charge on any atom is 0.412 e. The first-order chi connectivity index (χ1) is 8.65. The molecule has 0 bridgehead atoms. The summed E-state index contributed by atoms with van der Waals surface area (Å²) in [6, 6.07) is 0.959. The Balaban J connectivity index is 3.02. The smallest absolute Gasteiger partial charge is 0.412 e. The number of carbonyl (C=O) groups excluding carboxylic acids is 1. The number of carbonyl (C=O) groups is 1. The lowest BCUT2D eigenvalue weighted by molar-refractivity contribution is 0.0635. The molecule has 0 heterocycles. The van der Waals surface area contributed by atoms with Crippen LogP contribution < -0.4 is 5.32 Å². The maximum atomic E-state index is 13.6. The predicted octanol–water partition coefficient (Wildman–Crippen LogP) is 3.46. The topological polar surface area (TPSA) is 58.6 Å². The normalized spacial score (nSPS) is 11.3. The highest BCUT2D eigenvalue weighted by atomic mass is 35.5. The molecule has 1 aromatic rings. The van der Waals surface area contributed by atoms with Crippen molar-refractivity contribution in [1.82, 2.24) is 0 Å². The van der Waals surface area contributed by atoms with E-state index in [1.54, 1.807) is 20.8 Å². The summed E-state index contributed by atoms with van der Waals surface area (Å²) < 4.78 is 31.9. The van der Waals surface area contributed by atoms with Crippen molar-refractivity contribution < 1.29 is 23.4 Å². The number of hydrogen-bond acceptors (Lipinski definition) is 3. The van der Waals surface area contributed by atoms with Crippen molar-refractivity contribution in [1.29, 1.82) is 0 Å². The van der Waals surface area contributed by atoms with Crippen molar-refractivity contribution in [2.24, 2.45) is 0 Å². The highest BCUT2D eigenvalue weighted by molar-refractivity contribution is 6.31. The molecule has 0 atom stereocenters. The van der Waals surface area contributed by atoms with Crippen LogP contribution >= 0.6 is 11.6 Å². The molecule has 0 saturated carbocycles. The van der Waals surface area contributed by atoms with Gasteiger partial charge in [-0.2, -0.15) is 0 Å². The van der Waals surface area contributed by atoms with E-state index in [-0.39, 0.29) is 11.3 Å². The molecule has 1 amide bonds. The van der Waals surface area contributed by atoms with E-state index in [2.05, 4.69) is 5.32 Å². The fourth-order valence-corrected chi connectivity index (χ4v) is 1.50. The van der Waals surface area contributed by atoms with Gasteiger partial charge in [0, 0.05) is 5.56 Å². The average molecular weight is 294 g/mol. The number of benzene rings is 1. The lowest BCUT2D eigenvalue weighted by atomic mass is 10.2. The molecule has 1 aromatic carbocycles. The van der Waals surface area contributed by atoms with E-state index in [1.807, 2.05) is 0 Å². The first kappa shape index (κ1) is 15.7. The summed E-state index contributed by atoms with van der Waals surface area (Å²) in [4.78, 5) is 11.5. The van der Waals surface area contributed by atoms with Crippen LogP contribution in [0.3, 0.4) is 0 Å². The zero-order valence-corrected chi connectivity index (χ0v) is 11.4. The first-order valence-corrected chi connectivity index (χ1v) is 5.80. The Kier molecular flexibility index (Phi) is 4.70. The Morgan fingerprint density at radius 2 is 2.00 bits per heavy atom. The van der Waals surface area contributed by atoms with Crippen LogP contribution in [0.25, 0.3) is 0 Å². The van der Waals surface area contributed by atoms with Crippen molar-refractivity contribution in [3.8, 4) is 0 Å². The third-order valence-electron chi connectivity index (χ3n) is 2.03. The highest BCUT2D eigenvalue weighted by Crippen LogP contribution is 2.29. The Bertz CT molecular complexity index is 501. The summed E-state index contributed by atoms with van der Waals surface area (Å²) in [7, 11) is 0. The second-order valence-corrected chi connectivity index (χ2v) is 5.19. The van der Waals surface area contributed by atoms with Gasteiger partial charge in [0.2, 0.25) is 0 Å². The maximum absolute atomic E-state index is 13.6. The molecule has 0 radical (unpaired) electrons. The van der Waals surface area contributed by atoms with E-state index in [0.29, 0.717) is 0 Å². The average Bonchev–Trinajstić information content (AvgIpc) is 2.27. The molecule has 0 aliphatic rings. The number of aliphatic hydroxyl groups is 1. The molecule has 0 spiro atoms. The van der Waals surface area contributed by atoms with Crippen molar-refractivity contribution in [3.63, 3.8) is 0 Å². The van der Waals surface area contributed by atoms with Crippen LogP contribution in [-0.4, -0.2) is 16.8 Å². The summed E-state index contributed by atoms with van der Waals surface area (Å²) in [5.74, 6) is -2.18. The molecule has 0 aromatic heterocycles. The van der Waals surface area contributed by atoms with Crippen molar-refractivity contribution >= 4 is 23.4 Å². The minimum Gasteiger partial charge on any atom is -0.444 e. The van der Waals surface area contributed by atoms with E-state index in [1.165, 1.54) is 0 Å². The van der Waals surface area contributed by atoms with Gasteiger partial charge in [-0.15, -0.1) is 0 Å². The van der Waals surface area contributed by atoms with E-state index < -0.39 is 35.0 Å². The summed E-state index contributed by atoms with van der Waals surface area (Å²) >= 11 is 5.43. The largest absolute Gasteiger partial charge is 0.444 e. The van der Waals surface area contributed by atoms with Gasteiger partial charge in [-0.05, 0) is 26.8 Å². The van der Waals surface area contributed by atoms with E-state index in [4.69, 9.17) is 21.4 Å². The van der Waals surface area contributed by atoms with Crippen LogP contribution in [0.1, 0.15) is 26.3 Å². The third-order valence-corrected chi connectivity index (χ3v) is 2.36. The third kappa shape index (κ3) is 4.04. The molecule has 106 valence electrons. The van der Waals surface area contributed by atoms with Gasteiger partial charge >= 0.3 is 6.09 Å². The number of aliphatic hydroxyl groups excluding tert-OH is 1. The molecular weight excluding hydrogens is 280 g/mol. The number of amides is 1. The Labute approximate surface area is 114 Å². The van der Waals surface area contributed by atoms with Crippen LogP contribution in [0.2, 0.25) is 5.02 Å². The fraction of sp³-hybridized carbons (Fsp3) is 0.417. The fourth-order valence-electron chi connectivity index (χ4n) is 1.28. The molecule has 0 aliphatic carbocycles. The van der Waals surface area contributed by atoms with Crippen molar-refractivity contribution in [2.45, 2.75) is 33.0 Å². The number of anilines is 1. The number of ether oxygens (including phenoxy) is 1. The summed E-state index contributed by atoms with van der Waals surface area (Å²) in [5.41, 5.74) is -1.34. The molecule has 4 nitrogen and oxygen atoms in total. The van der Waals surface area contributed by atoms with Gasteiger partial charge in [0.25, 0.3) is 0 Å². The summed E-state index contributed by atoms with van der Waals surface area (Å²) in [6.45, 7) is 4.24. The molecule has 0 aliphatic heterocycles. The van der Waals surface area contributed by atoms with Gasteiger partial charge in [0.05, 0.1) is 12.3 Å². The Hall–Kier alpha value is -1.40. The van der Waals surface area contributed by atoms with E-state index in [0.717, 1.165) is 6.07 Å². The zero-order chi connectivity index (χ0) is 14.8. The van der Waals surface area contributed by atoms with Gasteiger partial charge < -0.3 is 9.84 Å². The SMILES string of the molecule is CC(C)(C)OC(=O)Nc1cc(CO)c(F)c(Cl)c1F. The van der Waals surface area contributed by atoms with Crippen LogP contribution in [0.15, 0.2) is 6.07 Å². The summed E-state index contributed by atoms with van der Waals surface area (Å²) in [6.07, 6.45) is -0.905. The standard InChI is InChI=1S/C12H14ClF2NO3/c1-12(2,3)19-11(18)16-7-4-6(5-17)9(14)8(13)10(7)15/h4,17H,5H2,1-3H3,(H,16,18). The minimum absolute atomic E-state index is 0.225. The minimum atomic E-state index is -1.12. The van der Waals surface area contributed by atoms with Crippen LogP contribution in [-0.2, 0) is 11.3 Å². The zero-order valence-electron chi connectivity index (χ0n) is 10.7. The van der Waals surface area contributed by atoms with Gasteiger partial charge in [0.1, 0.15) is 16.4 Å². The van der Waals surface area contributed by atoms with Gasteiger partial charge in [-0.25, -0.2) is 13.6 Å². The quantitative estimate of drug-likeness (QED) is 0.821. The van der Waals surface area contributed by atoms with Gasteiger partial charge in [-0.1, -0.05) is 11.6 Å². The Morgan fingerprint density at radius 1 is 1.42 bits per heavy atom. The predicted molar refractivity (Wildman–Crippen MR) is 67.1 cm³/mol. The monoisotopic (exact) mass is 293 g/mol. The molecular formula is C12H14ClF2NO3. The number of hydrogen-bond donors (Lipinski definition) is 2. The number of nitrogens with one attached hydrogen (secondary N) is 1. The van der Waals surface area contributed by atoms with Crippen molar-refractivity contribution in [2.75, 3.05) is 5.32 Å². The lowest BCUT2D eigenvalue weighted by Gasteiger charge is -2.20. The summed E-state index contributed by atoms with van der Waals surface area (Å²) in [5, 5.41) is 10.2. The molecule has 0 saturated heterocycles.